The summed E-state index contributed by atoms with van der Waals surface area (Å²) in [5.74, 6) is 0.726. The number of imidazole rings is 1. The van der Waals surface area contributed by atoms with Crippen molar-refractivity contribution in [3.8, 4) is 0 Å². The van der Waals surface area contributed by atoms with Gasteiger partial charge in [0, 0.05) is 11.8 Å². The Bertz CT molecular complexity index is 724. The normalized spacial score (nSPS) is 11.1. The molecule has 3 rings (SSSR count). The zero-order valence-corrected chi connectivity index (χ0v) is 10.8. The predicted molar refractivity (Wildman–Crippen MR) is 72.6 cm³/mol. The second kappa shape index (κ2) is 4.97. The molecule has 0 saturated carbocycles. The van der Waals surface area contributed by atoms with Gasteiger partial charge in [-0.3, -0.25) is 0 Å². The molecule has 19 heavy (non-hydrogen) atoms. The molecule has 0 aliphatic rings. The smallest absolute Gasteiger partial charge is 0.160 e. The van der Waals surface area contributed by atoms with Crippen LogP contribution in [0.1, 0.15) is 11.4 Å². The van der Waals surface area contributed by atoms with Gasteiger partial charge in [-0.1, -0.05) is 18.2 Å². The van der Waals surface area contributed by atoms with Crippen molar-refractivity contribution in [1.82, 2.24) is 14.5 Å². The van der Waals surface area contributed by atoms with Gasteiger partial charge < -0.3 is 4.57 Å². The van der Waals surface area contributed by atoms with Crippen LogP contribution in [0.15, 0.2) is 42.6 Å². The minimum atomic E-state index is -0.235. The lowest BCUT2D eigenvalue weighted by Crippen LogP contribution is -2.06. The van der Waals surface area contributed by atoms with E-state index in [2.05, 4.69) is 9.97 Å². The Morgan fingerprint density at radius 2 is 2.00 bits per heavy atom. The molecule has 0 saturated heterocycles. The molecular formula is C14H11ClFN3. The molecule has 0 bridgehead atoms. The topological polar surface area (TPSA) is 30.7 Å². The molecular weight excluding hydrogens is 265 g/mol. The summed E-state index contributed by atoms with van der Waals surface area (Å²) < 4.78 is 15.6. The standard InChI is InChI=1S/C14H11ClFN3/c15-8-13-18-12-6-3-7-17-14(12)19(13)9-10-4-1-2-5-11(10)16/h1-7H,8-9H2. The maximum absolute atomic E-state index is 13.7. The Kier molecular flexibility index (Phi) is 3.17. The number of alkyl halides is 1. The Morgan fingerprint density at radius 3 is 2.79 bits per heavy atom. The third-order valence-electron chi connectivity index (χ3n) is 2.99. The van der Waals surface area contributed by atoms with Crippen LogP contribution in [0.4, 0.5) is 4.39 Å². The lowest BCUT2D eigenvalue weighted by molar-refractivity contribution is 0.598. The van der Waals surface area contributed by atoms with Crippen LogP contribution in [-0.2, 0) is 12.4 Å². The van der Waals surface area contributed by atoms with E-state index in [0.29, 0.717) is 17.9 Å². The molecule has 2 heterocycles. The van der Waals surface area contributed by atoms with Gasteiger partial charge >= 0.3 is 0 Å². The monoisotopic (exact) mass is 275 g/mol. The van der Waals surface area contributed by atoms with Crippen molar-refractivity contribution in [2.45, 2.75) is 12.4 Å². The largest absolute Gasteiger partial charge is 0.307 e. The van der Waals surface area contributed by atoms with Crippen molar-refractivity contribution in [2.24, 2.45) is 0 Å². The van der Waals surface area contributed by atoms with Crippen molar-refractivity contribution < 1.29 is 4.39 Å². The van der Waals surface area contributed by atoms with Crippen LogP contribution in [0.2, 0.25) is 0 Å². The van der Waals surface area contributed by atoms with Crippen molar-refractivity contribution in [3.63, 3.8) is 0 Å². The van der Waals surface area contributed by atoms with Crippen LogP contribution in [0.25, 0.3) is 11.2 Å². The van der Waals surface area contributed by atoms with E-state index < -0.39 is 0 Å². The maximum Gasteiger partial charge on any atom is 0.160 e. The molecule has 0 spiro atoms. The number of benzene rings is 1. The van der Waals surface area contributed by atoms with Gasteiger partial charge in [0.05, 0.1) is 12.4 Å². The molecule has 2 aromatic heterocycles. The highest BCUT2D eigenvalue weighted by Gasteiger charge is 2.12. The van der Waals surface area contributed by atoms with Crippen molar-refractivity contribution in [2.75, 3.05) is 0 Å². The fraction of sp³-hybridized carbons (Fsp3) is 0.143. The molecule has 1 aromatic carbocycles. The van der Waals surface area contributed by atoms with E-state index in [-0.39, 0.29) is 11.7 Å². The lowest BCUT2D eigenvalue weighted by atomic mass is 10.2. The highest BCUT2D eigenvalue weighted by Crippen LogP contribution is 2.18. The highest BCUT2D eigenvalue weighted by atomic mass is 35.5. The predicted octanol–water partition coefficient (Wildman–Crippen LogP) is 3.36. The Hall–Kier alpha value is -1.94. The van der Waals surface area contributed by atoms with Crippen LogP contribution in [0.5, 0.6) is 0 Å². The van der Waals surface area contributed by atoms with Gasteiger partial charge in [-0.15, -0.1) is 11.6 Å². The molecule has 0 unspecified atom stereocenters. The molecule has 0 atom stereocenters. The van der Waals surface area contributed by atoms with E-state index in [0.717, 1.165) is 11.2 Å². The van der Waals surface area contributed by atoms with Crippen LogP contribution < -0.4 is 0 Å². The first-order chi connectivity index (χ1) is 9.29. The van der Waals surface area contributed by atoms with Gasteiger partial charge in [0.2, 0.25) is 0 Å². The number of aromatic nitrogens is 3. The highest BCUT2D eigenvalue weighted by molar-refractivity contribution is 6.16. The van der Waals surface area contributed by atoms with Crippen molar-refractivity contribution in [1.29, 1.82) is 0 Å². The van der Waals surface area contributed by atoms with Crippen LogP contribution in [-0.4, -0.2) is 14.5 Å². The molecule has 3 aromatic rings. The number of fused-ring (bicyclic) bond motifs is 1. The van der Waals surface area contributed by atoms with Crippen LogP contribution in [0.3, 0.4) is 0 Å². The molecule has 0 fully saturated rings. The molecule has 0 aliphatic heterocycles. The number of nitrogens with zero attached hydrogens (tertiary/aromatic N) is 3. The summed E-state index contributed by atoms with van der Waals surface area (Å²) in [5.41, 5.74) is 2.09. The van der Waals surface area contributed by atoms with E-state index in [9.17, 15) is 4.39 Å². The van der Waals surface area contributed by atoms with Gasteiger partial charge in [-0.05, 0) is 18.2 Å². The third kappa shape index (κ3) is 2.19. The minimum Gasteiger partial charge on any atom is -0.307 e. The summed E-state index contributed by atoms with van der Waals surface area (Å²) >= 11 is 5.90. The fourth-order valence-corrected chi connectivity index (χ4v) is 2.27. The minimum absolute atomic E-state index is 0.235. The zero-order chi connectivity index (χ0) is 13.2. The van der Waals surface area contributed by atoms with Crippen LogP contribution in [0, 0.1) is 5.82 Å². The third-order valence-corrected chi connectivity index (χ3v) is 3.23. The van der Waals surface area contributed by atoms with Gasteiger partial charge in [0.1, 0.15) is 17.2 Å². The van der Waals surface area contributed by atoms with Crippen molar-refractivity contribution >= 4 is 22.8 Å². The van der Waals surface area contributed by atoms with E-state index in [1.54, 1.807) is 18.3 Å². The molecule has 96 valence electrons. The number of halogens is 2. The summed E-state index contributed by atoms with van der Waals surface area (Å²) in [4.78, 5) is 8.70. The average molecular weight is 276 g/mol. The molecule has 5 heteroatoms. The Balaban J connectivity index is 2.12. The van der Waals surface area contributed by atoms with Gasteiger partial charge in [-0.25, -0.2) is 14.4 Å². The molecule has 3 nitrogen and oxygen atoms in total. The first-order valence-corrected chi connectivity index (χ1v) is 6.42. The van der Waals surface area contributed by atoms with Gasteiger partial charge in [-0.2, -0.15) is 0 Å². The lowest BCUT2D eigenvalue weighted by Gasteiger charge is -2.07. The molecule has 0 N–H and O–H groups in total. The second-order valence-electron chi connectivity index (χ2n) is 4.19. The van der Waals surface area contributed by atoms with E-state index >= 15 is 0 Å². The number of rotatable bonds is 3. The maximum atomic E-state index is 13.7. The van der Waals surface area contributed by atoms with Crippen molar-refractivity contribution in [3.05, 3.63) is 59.8 Å². The molecule has 0 radical (unpaired) electrons. The second-order valence-corrected chi connectivity index (χ2v) is 4.45. The van der Waals surface area contributed by atoms with Gasteiger partial charge in [0.25, 0.3) is 0 Å². The first kappa shape index (κ1) is 12.1. The molecule has 0 amide bonds. The van der Waals surface area contributed by atoms with Crippen LogP contribution >= 0.6 is 11.6 Å². The van der Waals surface area contributed by atoms with E-state index in [1.807, 2.05) is 22.8 Å². The quantitative estimate of drug-likeness (QED) is 0.686. The number of pyridine rings is 1. The zero-order valence-electron chi connectivity index (χ0n) is 10.1. The molecule has 0 aliphatic carbocycles. The number of hydrogen-bond acceptors (Lipinski definition) is 2. The summed E-state index contributed by atoms with van der Waals surface area (Å²) in [6, 6.07) is 10.4. The number of hydrogen-bond donors (Lipinski definition) is 0. The van der Waals surface area contributed by atoms with Gasteiger partial charge in [0.15, 0.2) is 5.65 Å². The fourth-order valence-electron chi connectivity index (χ4n) is 2.07. The average Bonchev–Trinajstić information content (AvgIpc) is 2.79. The Labute approximate surface area is 114 Å². The summed E-state index contributed by atoms with van der Waals surface area (Å²) in [5, 5.41) is 0. The van der Waals surface area contributed by atoms with E-state index in [4.69, 9.17) is 11.6 Å². The summed E-state index contributed by atoms with van der Waals surface area (Å²) in [6.45, 7) is 0.377. The first-order valence-electron chi connectivity index (χ1n) is 5.89. The Morgan fingerprint density at radius 1 is 1.16 bits per heavy atom. The SMILES string of the molecule is Fc1ccccc1Cn1c(CCl)nc2cccnc21. The summed E-state index contributed by atoms with van der Waals surface area (Å²) in [6.07, 6.45) is 1.69. The summed E-state index contributed by atoms with van der Waals surface area (Å²) in [7, 11) is 0. The van der Waals surface area contributed by atoms with E-state index in [1.165, 1.54) is 6.07 Å².